The van der Waals surface area contributed by atoms with Crippen LogP contribution in [0.25, 0.3) is 20.9 Å². The smallest absolute Gasteiger partial charge is 0.303 e. The minimum atomic E-state index is -5.68. The van der Waals surface area contributed by atoms with Gasteiger partial charge in [0.25, 0.3) is 0 Å². The highest BCUT2D eigenvalue weighted by atomic mass is 31.2. The Morgan fingerprint density at radius 3 is 0.844 bits per heavy atom. The average Bonchev–Trinajstić information content (AvgIpc) is 2.53. The van der Waals surface area contributed by atoms with Gasteiger partial charge in [0, 0.05) is 9.82 Å². The summed E-state index contributed by atoms with van der Waals surface area (Å²) in [5, 5.41) is 5.83. The molecule has 0 bridgehead atoms. The van der Waals surface area contributed by atoms with Crippen LogP contribution in [0.1, 0.15) is 0 Å². The minimum Gasteiger partial charge on any atom is -0.303 e. The third kappa shape index (κ3) is 9.51. The zero-order valence-corrected chi connectivity index (χ0v) is 18.4. The average molecular weight is 550 g/mol. The van der Waals surface area contributed by atoms with Crippen LogP contribution in [0, 0.1) is 0 Å². The fourth-order valence-electron chi connectivity index (χ4n) is 2.66. The Kier molecular flexibility index (Phi) is 9.59. The molecular weight excluding hydrogens is 536 g/mol. The summed E-state index contributed by atoms with van der Waals surface area (Å²) < 4.78 is 62.5. The zero-order chi connectivity index (χ0) is 25.1. The molecule has 0 aliphatic heterocycles. The number of azide groups is 2. The molecule has 1 aliphatic carbocycles. The maximum Gasteiger partial charge on any atom is 0.469 e. The zero-order valence-electron chi connectivity index (χ0n) is 14.8. The minimum absolute atomic E-state index is 2.21. The van der Waals surface area contributed by atoms with Gasteiger partial charge in [-0.1, -0.05) is 10.2 Å². The third-order valence-corrected chi connectivity index (χ3v) is 5.47. The van der Waals surface area contributed by atoms with Crippen molar-refractivity contribution >= 4 is 31.3 Å². The van der Waals surface area contributed by atoms with Crippen molar-refractivity contribution in [3.8, 4) is 0 Å². The summed E-state index contributed by atoms with van der Waals surface area (Å²) in [6, 6.07) is -4.89. The van der Waals surface area contributed by atoms with E-state index in [1.807, 2.05) is 0 Å². The molecular formula is C6H14N6O16P4. The number of phosphoric ester groups is 4. The summed E-state index contributed by atoms with van der Waals surface area (Å²) in [7, 11) is -22.7. The van der Waals surface area contributed by atoms with Gasteiger partial charge in [-0.15, -0.1) is 0 Å². The van der Waals surface area contributed by atoms with Gasteiger partial charge in [0.2, 0.25) is 0 Å². The van der Waals surface area contributed by atoms with Crippen LogP contribution in [0.5, 0.6) is 0 Å². The molecule has 184 valence electrons. The lowest BCUT2D eigenvalue weighted by Gasteiger charge is -2.46. The SMILES string of the molecule is [N-]=[N+]=NC1[C@@H](OP(=O)(O)O)[C@H](OP(=O)(O)O)C(N=[N+]=[N-])[C@H](OP(=O)(O)O)[C@@H]1OP(=O)(O)O. The molecule has 1 fully saturated rings. The van der Waals surface area contributed by atoms with E-state index in [1.165, 1.54) is 0 Å². The van der Waals surface area contributed by atoms with Crippen molar-refractivity contribution < 1.29 is 75.5 Å². The summed E-state index contributed by atoms with van der Waals surface area (Å²) in [5.41, 5.74) is 17.5. The Labute approximate surface area is 175 Å². The van der Waals surface area contributed by atoms with Crippen LogP contribution in [-0.2, 0) is 36.4 Å². The van der Waals surface area contributed by atoms with E-state index in [0.29, 0.717) is 0 Å². The number of phosphoric acid groups is 4. The number of nitrogens with zero attached hydrogens (tertiary/aromatic N) is 6. The van der Waals surface area contributed by atoms with Gasteiger partial charge >= 0.3 is 31.3 Å². The monoisotopic (exact) mass is 550 g/mol. The van der Waals surface area contributed by atoms with Crippen molar-refractivity contribution in [2.75, 3.05) is 0 Å². The predicted octanol–water partition coefficient (Wildman–Crippen LogP) is -0.731. The first kappa shape index (κ1) is 29.1. The van der Waals surface area contributed by atoms with Gasteiger partial charge in [-0.2, -0.15) is 0 Å². The fraction of sp³-hybridized carbons (Fsp3) is 1.00. The molecule has 2 unspecified atom stereocenters. The first-order valence-corrected chi connectivity index (χ1v) is 13.4. The van der Waals surface area contributed by atoms with Crippen LogP contribution < -0.4 is 0 Å². The summed E-state index contributed by atoms with van der Waals surface area (Å²) >= 11 is 0. The molecule has 0 amide bonds. The van der Waals surface area contributed by atoms with E-state index >= 15 is 0 Å². The Morgan fingerprint density at radius 1 is 0.531 bits per heavy atom. The van der Waals surface area contributed by atoms with Crippen molar-refractivity contribution in [3.63, 3.8) is 0 Å². The molecule has 22 nitrogen and oxygen atoms in total. The van der Waals surface area contributed by atoms with Gasteiger partial charge in [-0.05, 0) is 11.1 Å². The van der Waals surface area contributed by atoms with E-state index in [4.69, 9.17) is 50.2 Å². The van der Waals surface area contributed by atoms with Crippen LogP contribution >= 0.6 is 31.3 Å². The van der Waals surface area contributed by atoms with Crippen LogP contribution in [0.2, 0.25) is 0 Å². The molecule has 0 spiro atoms. The molecule has 0 aromatic carbocycles. The molecule has 6 atom stereocenters. The lowest BCUT2D eigenvalue weighted by atomic mass is 9.82. The normalized spacial score (nSPS) is 29.6. The van der Waals surface area contributed by atoms with Gasteiger partial charge in [0.15, 0.2) is 0 Å². The molecule has 0 heterocycles. The van der Waals surface area contributed by atoms with Gasteiger partial charge < -0.3 is 39.1 Å². The highest BCUT2D eigenvalue weighted by Gasteiger charge is 2.58. The first-order chi connectivity index (χ1) is 14.3. The summed E-state index contributed by atoms with van der Waals surface area (Å²) in [4.78, 5) is 77.3. The summed E-state index contributed by atoms with van der Waals surface area (Å²) in [5.74, 6) is 0. The van der Waals surface area contributed by atoms with E-state index in [2.05, 4.69) is 38.1 Å². The lowest BCUT2D eigenvalue weighted by molar-refractivity contribution is -0.118. The van der Waals surface area contributed by atoms with Crippen molar-refractivity contribution in [2.24, 2.45) is 10.2 Å². The maximum absolute atomic E-state index is 11.4. The fourth-order valence-corrected chi connectivity index (χ4v) is 4.90. The van der Waals surface area contributed by atoms with Crippen molar-refractivity contribution in [1.29, 1.82) is 0 Å². The van der Waals surface area contributed by atoms with E-state index in [9.17, 15) is 18.3 Å². The number of hydrogen-bond donors (Lipinski definition) is 8. The molecule has 1 aliphatic rings. The van der Waals surface area contributed by atoms with E-state index in [1.54, 1.807) is 0 Å². The largest absolute Gasteiger partial charge is 0.469 e. The molecule has 0 aromatic heterocycles. The lowest BCUT2D eigenvalue weighted by Crippen LogP contribution is -2.64. The molecule has 32 heavy (non-hydrogen) atoms. The van der Waals surface area contributed by atoms with Crippen molar-refractivity contribution in [2.45, 2.75) is 36.5 Å². The van der Waals surface area contributed by atoms with Gasteiger partial charge in [0.05, 0.1) is 12.1 Å². The molecule has 26 heteroatoms. The molecule has 0 saturated heterocycles. The topological polar surface area (TPSA) is 365 Å². The second-order valence-electron chi connectivity index (χ2n) is 5.63. The quantitative estimate of drug-likeness (QED) is 0.0719. The first-order valence-electron chi connectivity index (χ1n) is 7.32. The molecule has 0 radical (unpaired) electrons. The summed E-state index contributed by atoms with van der Waals surface area (Å²) in [6.07, 6.45) is -10.3. The Balaban J connectivity index is 3.88. The summed E-state index contributed by atoms with van der Waals surface area (Å²) in [6.45, 7) is 0. The molecule has 1 saturated carbocycles. The maximum atomic E-state index is 11.4. The van der Waals surface area contributed by atoms with Crippen LogP contribution in [0.4, 0.5) is 0 Å². The Morgan fingerprint density at radius 2 is 0.719 bits per heavy atom. The van der Waals surface area contributed by atoms with Crippen LogP contribution in [0.3, 0.4) is 0 Å². The van der Waals surface area contributed by atoms with Crippen molar-refractivity contribution in [1.82, 2.24) is 0 Å². The molecule has 1 rings (SSSR count). The van der Waals surface area contributed by atoms with E-state index in [0.717, 1.165) is 0 Å². The van der Waals surface area contributed by atoms with E-state index < -0.39 is 67.8 Å². The van der Waals surface area contributed by atoms with Gasteiger partial charge in [-0.3, -0.25) is 18.1 Å². The van der Waals surface area contributed by atoms with Crippen LogP contribution in [0.15, 0.2) is 10.2 Å². The van der Waals surface area contributed by atoms with Crippen LogP contribution in [-0.4, -0.2) is 75.6 Å². The highest BCUT2D eigenvalue weighted by molar-refractivity contribution is 7.47. The molecule has 0 aromatic rings. The predicted molar refractivity (Wildman–Crippen MR) is 93.5 cm³/mol. The number of hydrogen-bond acceptors (Lipinski definition) is 10. The standard InChI is InChI=1S/C6H14N6O16P4/c7-11-9-1-3(25-29(13,14)15)5(27-31(19,20)21)2(10-12-8)6(28-32(22,23)24)4(1)26-30(16,17)18/h1-6H,(H2,13,14,15)(H2,16,17,18)(H2,19,20,21)(H2,22,23,24)/t1?,2?,3-,4-,5-,6+/m1/s1. The van der Waals surface area contributed by atoms with Gasteiger partial charge in [0.1, 0.15) is 24.4 Å². The van der Waals surface area contributed by atoms with Gasteiger partial charge in [-0.25, -0.2) is 18.3 Å². The van der Waals surface area contributed by atoms with Crippen molar-refractivity contribution in [3.05, 3.63) is 20.9 Å². The second kappa shape index (κ2) is 10.5. The third-order valence-electron chi connectivity index (χ3n) is 3.40. The second-order valence-corrected chi connectivity index (χ2v) is 10.4. The highest BCUT2D eigenvalue weighted by Crippen LogP contribution is 2.53. The Bertz CT molecular complexity index is 832. The van der Waals surface area contributed by atoms with E-state index in [-0.39, 0.29) is 0 Å². The Hall–Kier alpha value is -0.940. The number of rotatable bonds is 10. The molecule has 8 N–H and O–H groups in total.